The zero-order chi connectivity index (χ0) is 6.15. The summed E-state index contributed by atoms with van der Waals surface area (Å²) in [4.78, 5) is 1.92. The Kier molecular flexibility index (Phi) is 1.55. The fourth-order valence-electron chi connectivity index (χ4n) is 0.854. The second kappa shape index (κ2) is 2.05. The van der Waals surface area contributed by atoms with E-state index in [0.29, 0.717) is 6.04 Å². The monoisotopic (exact) mass is 114 g/mol. The lowest BCUT2D eigenvalue weighted by molar-refractivity contribution is 0.234. The molecular weight excluding hydrogens is 103 g/mol. The van der Waals surface area contributed by atoms with Crippen LogP contribution in [0.4, 0.5) is 0 Å². The predicted octanol–water partition coefficient (Wildman–Crippen LogP) is -1.26. The Bertz CT molecular complexity index is 82.1. The van der Waals surface area contributed by atoms with Crippen LogP contribution in [-0.2, 0) is 0 Å². The quantitative estimate of drug-likeness (QED) is 0.418. The summed E-state index contributed by atoms with van der Waals surface area (Å²) in [6.45, 7) is 3.45. The Morgan fingerprint density at radius 2 is 2.25 bits per heavy atom. The Morgan fingerprint density at radius 3 is 2.38 bits per heavy atom. The summed E-state index contributed by atoms with van der Waals surface area (Å²) in [6, 6.07) is 0.296. The van der Waals surface area contributed by atoms with E-state index in [0.717, 1.165) is 13.1 Å². The minimum absolute atomic E-state index is 0.296. The maximum Gasteiger partial charge on any atom is 0.376 e. The highest BCUT2D eigenvalue weighted by Crippen LogP contribution is 2.04. The molecule has 0 aromatic heterocycles. The molecule has 3 N–H and O–H groups in total. The summed E-state index contributed by atoms with van der Waals surface area (Å²) < 4.78 is 0. The molecule has 1 saturated heterocycles. The molecule has 0 spiro atoms. The molecule has 0 radical (unpaired) electrons. The smallest absolute Gasteiger partial charge is 0.376 e. The molecule has 0 unspecified atom stereocenters. The molecule has 1 heterocycles. The normalized spacial score (nSPS) is 22.9. The van der Waals surface area contributed by atoms with Gasteiger partial charge in [0.15, 0.2) is 0 Å². The van der Waals surface area contributed by atoms with Crippen LogP contribution in [0.25, 0.3) is 0 Å². The average Bonchev–Trinajstić information content (AvgIpc) is 1.57. The van der Waals surface area contributed by atoms with Crippen molar-refractivity contribution in [1.82, 2.24) is 4.81 Å². The van der Waals surface area contributed by atoms with Crippen LogP contribution in [0, 0.1) is 0 Å². The molecular formula is C4H11BN2O. The first-order valence-electron chi connectivity index (χ1n) is 2.88. The van der Waals surface area contributed by atoms with Gasteiger partial charge in [-0.2, -0.15) is 0 Å². The third-order valence-electron chi connectivity index (χ3n) is 1.47. The van der Waals surface area contributed by atoms with Crippen molar-refractivity contribution in [1.29, 1.82) is 0 Å². The van der Waals surface area contributed by atoms with Gasteiger partial charge in [0.05, 0.1) is 0 Å². The van der Waals surface area contributed by atoms with Crippen LogP contribution in [-0.4, -0.2) is 36.0 Å². The molecule has 46 valence electrons. The van der Waals surface area contributed by atoms with E-state index in [9.17, 15) is 0 Å². The van der Waals surface area contributed by atoms with E-state index < -0.39 is 0 Å². The molecule has 0 atom stereocenters. The van der Waals surface area contributed by atoms with Crippen LogP contribution < -0.4 is 5.73 Å². The van der Waals surface area contributed by atoms with E-state index >= 15 is 0 Å². The summed E-state index contributed by atoms with van der Waals surface area (Å²) in [5, 5.41) is 8.86. The van der Waals surface area contributed by atoms with Crippen molar-refractivity contribution in [3.8, 4) is 0 Å². The van der Waals surface area contributed by atoms with Gasteiger partial charge in [0.2, 0.25) is 0 Å². The number of nitrogens with two attached hydrogens (primary N) is 1. The van der Waals surface area contributed by atoms with Crippen molar-refractivity contribution >= 4 is 7.05 Å². The molecule has 0 amide bonds. The first-order chi connectivity index (χ1) is 3.70. The van der Waals surface area contributed by atoms with Crippen LogP contribution in [0.5, 0.6) is 0 Å². The zero-order valence-electron chi connectivity index (χ0n) is 5.04. The second-order valence-corrected chi connectivity index (χ2v) is 2.35. The number of hydrogen-bond donors (Lipinski definition) is 2. The van der Waals surface area contributed by atoms with E-state index in [-0.39, 0.29) is 7.05 Å². The molecule has 0 bridgehead atoms. The highest BCUT2D eigenvalue weighted by molar-refractivity contribution is 6.45. The first kappa shape index (κ1) is 6.07. The highest BCUT2D eigenvalue weighted by atomic mass is 16.2. The highest BCUT2D eigenvalue weighted by Gasteiger charge is 2.28. The van der Waals surface area contributed by atoms with Gasteiger partial charge in [-0.05, 0) is 6.82 Å². The number of hydrogen-bond acceptors (Lipinski definition) is 3. The van der Waals surface area contributed by atoms with Gasteiger partial charge >= 0.3 is 7.05 Å². The first-order valence-corrected chi connectivity index (χ1v) is 2.88. The fourth-order valence-corrected chi connectivity index (χ4v) is 0.854. The van der Waals surface area contributed by atoms with Gasteiger partial charge < -0.3 is 15.6 Å². The summed E-state index contributed by atoms with van der Waals surface area (Å²) >= 11 is 0. The van der Waals surface area contributed by atoms with Gasteiger partial charge in [0.25, 0.3) is 0 Å². The lowest BCUT2D eigenvalue weighted by Crippen LogP contribution is -2.60. The molecule has 1 fully saturated rings. The van der Waals surface area contributed by atoms with Crippen molar-refractivity contribution in [3.05, 3.63) is 0 Å². The van der Waals surface area contributed by atoms with Crippen LogP contribution in [0.15, 0.2) is 0 Å². The minimum atomic E-state index is -0.310. The molecule has 4 heteroatoms. The van der Waals surface area contributed by atoms with Gasteiger partial charge in [0, 0.05) is 19.1 Å². The average molecular weight is 114 g/mol. The van der Waals surface area contributed by atoms with Crippen molar-refractivity contribution < 1.29 is 5.02 Å². The standard InChI is InChI=1S/C4H11BN2O/c1-5(8)7-2-4(6)3-7/h4,8H,2-3,6H2,1H3. The van der Waals surface area contributed by atoms with Gasteiger partial charge in [-0.15, -0.1) is 0 Å². The maximum atomic E-state index is 8.86. The largest absolute Gasteiger partial charge is 0.437 e. The second-order valence-electron chi connectivity index (χ2n) is 2.35. The van der Waals surface area contributed by atoms with Gasteiger partial charge in [-0.25, -0.2) is 0 Å². The van der Waals surface area contributed by atoms with Gasteiger partial charge in [-0.3, -0.25) is 0 Å². The summed E-state index contributed by atoms with van der Waals surface area (Å²) in [7, 11) is -0.310. The van der Waals surface area contributed by atoms with E-state index in [2.05, 4.69) is 0 Å². The molecule has 8 heavy (non-hydrogen) atoms. The van der Waals surface area contributed by atoms with Crippen LogP contribution >= 0.6 is 0 Å². The molecule has 0 aromatic rings. The number of nitrogens with zero attached hydrogens (tertiary/aromatic N) is 1. The molecule has 1 aliphatic rings. The van der Waals surface area contributed by atoms with E-state index in [4.69, 9.17) is 10.8 Å². The molecule has 0 aliphatic carbocycles. The Hall–Kier alpha value is -0.0551. The molecule has 0 aromatic carbocycles. The van der Waals surface area contributed by atoms with Crippen molar-refractivity contribution in [2.24, 2.45) is 5.73 Å². The summed E-state index contributed by atoms with van der Waals surface area (Å²) in [6.07, 6.45) is 0. The van der Waals surface area contributed by atoms with Gasteiger partial charge in [0.1, 0.15) is 0 Å². The fraction of sp³-hybridized carbons (Fsp3) is 1.00. The van der Waals surface area contributed by atoms with Crippen molar-refractivity contribution in [2.75, 3.05) is 13.1 Å². The Morgan fingerprint density at radius 1 is 1.75 bits per heavy atom. The van der Waals surface area contributed by atoms with Crippen molar-refractivity contribution in [2.45, 2.75) is 12.9 Å². The third kappa shape index (κ3) is 1.02. The summed E-state index contributed by atoms with van der Waals surface area (Å²) in [5.74, 6) is 0. The molecule has 3 nitrogen and oxygen atoms in total. The van der Waals surface area contributed by atoms with Gasteiger partial charge in [-0.1, -0.05) is 0 Å². The van der Waals surface area contributed by atoms with E-state index in [1.165, 1.54) is 0 Å². The molecule has 1 aliphatic heterocycles. The van der Waals surface area contributed by atoms with Crippen LogP contribution in [0.1, 0.15) is 0 Å². The summed E-state index contributed by atoms with van der Waals surface area (Å²) in [5.41, 5.74) is 5.45. The SMILES string of the molecule is CB(O)N1CC(N)C1. The van der Waals surface area contributed by atoms with E-state index in [1.807, 2.05) is 4.81 Å². The third-order valence-corrected chi connectivity index (χ3v) is 1.47. The van der Waals surface area contributed by atoms with E-state index in [1.54, 1.807) is 6.82 Å². The van der Waals surface area contributed by atoms with Crippen LogP contribution in [0.3, 0.4) is 0 Å². The molecule has 0 saturated carbocycles. The minimum Gasteiger partial charge on any atom is -0.437 e. The zero-order valence-corrected chi connectivity index (χ0v) is 5.04. The molecule has 1 rings (SSSR count). The Labute approximate surface area is 49.6 Å². The maximum absolute atomic E-state index is 8.86. The Balaban J connectivity index is 2.15. The van der Waals surface area contributed by atoms with Crippen LogP contribution in [0.2, 0.25) is 6.82 Å². The number of rotatable bonds is 1. The van der Waals surface area contributed by atoms with Crippen molar-refractivity contribution in [3.63, 3.8) is 0 Å². The predicted molar refractivity (Wildman–Crippen MR) is 33.4 cm³/mol. The lowest BCUT2D eigenvalue weighted by Gasteiger charge is -2.37. The topological polar surface area (TPSA) is 49.5 Å². The lowest BCUT2D eigenvalue weighted by atomic mass is 9.80.